The summed E-state index contributed by atoms with van der Waals surface area (Å²) >= 11 is 0. The quantitative estimate of drug-likeness (QED) is 0.0560. The fraction of sp³-hybridized carbons (Fsp3) is 0.314. The third-order valence-electron chi connectivity index (χ3n) is 16.9. The minimum absolute atomic E-state index is 0.0702. The van der Waals surface area contributed by atoms with Crippen molar-refractivity contribution in [2.24, 2.45) is 22.7 Å². The molecule has 6 unspecified atom stereocenters. The first-order valence-corrected chi connectivity index (χ1v) is 33.6. The lowest BCUT2D eigenvalue weighted by Crippen LogP contribution is -2.40. The molecular weight excluding hydrogens is 997 g/mol. The Kier molecular flexibility index (Phi) is 20.2. The van der Waals surface area contributed by atoms with E-state index in [1.165, 1.54) is 42.4 Å². The Morgan fingerprint density at radius 1 is 0.408 bits per heavy atom. The van der Waals surface area contributed by atoms with Gasteiger partial charge in [0, 0.05) is 13.2 Å². The van der Waals surface area contributed by atoms with Crippen molar-refractivity contribution in [2.45, 2.75) is 102 Å². The van der Waals surface area contributed by atoms with Crippen molar-refractivity contribution in [3.63, 3.8) is 0 Å². The highest BCUT2D eigenvalue weighted by Crippen LogP contribution is 2.64. The van der Waals surface area contributed by atoms with Gasteiger partial charge >= 0.3 is 0 Å². The van der Waals surface area contributed by atoms with Crippen LogP contribution in [0.3, 0.4) is 0 Å². The van der Waals surface area contributed by atoms with Crippen LogP contribution in [-0.2, 0) is 0 Å². The smallest absolute Gasteiger partial charge is 0.0431 e. The van der Waals surface area contributed by atoms with E-state index in [-0.39, 0.29) is 24.0 Å². The van der Waals surface area contributed by atoms with Crippen molar-refractivity contribution >= 4 is 74.1 Å². The van der Waals surface area contributed by atoms with Crippen LogP contribution in [0.5, 0.6) is 0 Å². The summed E-state index contributed by atoms with van der Waals surface area (Å²) in [6.45, 7) is 10.8. The van der Waals surface area contributed by atoms with Gasteiger partial charge in [0.15, 0.2) is 0 Å². The molecule has 0 aliphatic heterocycles. The molecular formula is C70H80O2P4. The normalized spacial score (nSPS) is 17.9. The number of benzene rings is 8. The Morgan fingerprint density at radius 3 is 1.01 bits per heavy atom. The number of rotatable bonds is 25. The summed E-state index contributed by atoms with van der Waals surface area (Å²) in [7, 11) is -3.05. The zero-order chi connectivity index (χ0) is 52.7. The van der Waals surface area contributed by atoms with Crippen molar-refractivity contribution in [3.05, 3.63) is 243 Å². The van der Waals surface area contributed by atoms with Gasteiger partial charge in [-0.3, -0.25) is 0 Å². The summed E-state index contributed by atoms with van der Waals surface area (Å²) in [6.07, 6.45) is 7.97. The highest BCUT2D eigenvalue weighted by atomic mass is 31.1. The number of hydrogen-bond donors (Lipinski definition) is 2. The molecule has 0 heterocycles. The molecule has 8 aromatic carbocycles. The standard InChI is InChI=1S/C70H80O2P4/c1-55(73(58-31-13-5-14-32-58)59-33-15-6-16-34-59)66(74(60-35-17-7-18-36-60)61-37-19-8-20-38-61)53-57(69(2,3)47-29-49-71)54-70(4,48-30-50-72)56-51-67(75(62-39-21-9-22-40-62)63-41-23-10-24-42-63)68(52-56)76(64-43-25-11-26-44-64)65-45-27-12-28-46-65/h5-28,31-46,55-57,66-68,71-72H,29-30,47-54H2,1-4H3. The fourth-order valence-corrected chi connectivity index (χ4v) is 26.2. The van der Waals surface area contributed by atoms with Crippen LogP contribution >= 0.6 is 31.7 Å². The van der Waals surface area contributed by atoms with Crippen LogP contribution in [0, 0.1) is 22.7 Å². The topological polar surface area (TPSA) is 40.5 Å². The summed E-state index contributed by atoms with van der Waals surface area (Å²) in [5.74, 6) is 0.773. The lowest BCUT2D eigenvalue weighted by molar-refractivity contribution is 0.0553. The Hall–Kier alpha value is -4.60. The second-order valence-electron chi connectivity index (χ2n) is 22.2. The van der Waals surface area contributed by atoms with E-state index >= 15 is 0 Å². The van der Waals surface area contributed by atoms with E-state index in [2.05, 4.69) is 270 Å². The van der Waals surface area contributed by atoms with Gasteiger partial charge < -0.3 is 10.2 Å². The predicted octanol–water partition coefficient (Wildman–Crippen LogP) is 14.4. The van der Waals surface area contributed by atoms with Crippen molar-refractivity contribution in [3.8, 4) is 0 Å². The SMILES string of the molecule is CC(C(CC(CC(C)(CCCO)C1CC(P(c2ccccc2)c2ccccc2)C(P(c2ccccc2)c2ccccc2)C1)C(C)(C)CCCO)P(c1ccccc1)c1ccccc1)P(c1ccccc1)c1ccccc1. The van der Waals surface area contributed by atoms with E-state index in [4.69, 9.17) is 0 Å². The lowest BCUT2D eigenvalue weighted by Gasteiger charge is -2.48. The third-order valence-corrected chi connectivity index (χ3v) is 29.2. The van der Waals surface area contributed by atoms with Gasteiger partial charge in [-0.05, 0) is 171 Å². The van der Waals surface area contributed by atoms with Crippen LogP contribution < -0.4 is 42.4 Å². The number of aliphatic hydroxyl groups is 2. The van der Waals surface area contributed by atoms with Gasteiger partial charge in [0.05, 0.1) is 0 Å². The van der Waals surface area contributed by atoms with E-state index in [9.17, 15) is 10.2 Å². The first kappa shape index (κ1) is 56.1. The molecule has 0 amide bonds. The average molecular weight is 1080 g/mol. The molecule has 2 N–H and O–H groups in total. The van der Waals surface area contributed by atoms with Crippen LogP contribution in [0.4, 0.5) is 0 Å². The highest BCUT2D eigenvalue weighted by molar-refractivity contribution is 7.78. The highest BCUT2D eigenvalue weighted by Gasteiger charge is 2.51. The Bertz CT molecular complexity index is 2650. The van der Waals surface area contributed by atoms with Gasteiger partial charge in [-0.25, -0.2) is 0 Å². The minimum Gasteiger partial charge on any atom is -0.396 e. The molecule has 0 saturated heterocycles. The molecule has 1 aliphatic carbocycles. The average Bonchev–Trinajstić information content (AvgIpc) is 3.95. The summed E-state index contributed by atoms with van der Waals surface area (Å²) in [6, 6.07) is 92.0. The molecule has 0 spiro atoms. The number of hydrogen-bond acceptors (Lipinski definition) is 2. The van der Waals surface area contributed by atoms with E-state index in [0.717, 1.165) is 51.4 Å². The van der Waals surface area contributed by atoms with Crippen LogP contribution in [0.1, 0.15) is 79.1 Å². The predicted molar refractivity (Wildman–Crippen MR) is 337 cm³/mol. The lowest BCUT2D eigenvalue weighted by atomic mass is 9.61. The molecule has 0 bridgehead atoms. The largest absolute Gasteiger partial charge is 0.396 e. The van der Waals surface area contributed by atoms with E-state index in [1.54, 1.807) is 0 Å². The maximum atomic E-state index is 11.0. The second kappa shape index (κ2) is 27.3. The monoisotopic (exact) mass is 1080 g/mol. The molecule has 8 aromatic rings. The maximum absolute atomic E-state index is 11.0. The van der Waals surface area contributed by atoms with Crippen molar-refractivity contribution in [2.75, 3.05) is 13.2 Å². The van der Waals surface area contributed by atoms with Crippen molar-refractivity contribution in [1.82, 2.24) is 0 Å². The van der Waals surface area contributed by atoms with E-state index in [0.29, 0.717) is 34.5 Å². The zero-order valence-corrected chi connectivity index (χ0v) is 48.9. The summed E-state index contributed by atoms with van der Waals surface area (Å²) in [4.78, 5) is 0. The van der Waals surface area contributed by atoms with Crippen LogP contribution in [-0.4, -0.2) is 46.1 Å². The van der Waals surface area contributed by atoms with Crippen LogP contribution in [0.15, 0.2) is 243 Å². The van der Waals surface area contributed by atoms with Crippen molar-refractivity contribution < 1.29 is 10.2 Å². The molecule has 1 saturated carbocycles. The van der Waals surface area contributed by atoms with Crippen molar-refractivity contribution in [1.29, 1.82) is 0 Å². The van der Waals surface area contributed by atoms with Gasteiger partial charge in [-0.15, -0.1) is 0 Å². The Balaban J connectivity index is 1.21. The third kappa shape index (κ3) is 13.6. The van der Waals surface area contributed by atoms with Gasteiger partial charge in [-0.1, -0.05) is 270 Å². The fourth-order valence-electron chi connectivity index (χ4n) is 13.0. The molecule has 1 aliphatic rings. The summed E-state index contributed by atoms with van der Waals surface area (Å²) < 4.78 is 0. The molecule has 6 atom stereocenters. The van der Waals surface area contributed by atoms with Gasteiger partial charge in [-0.2, -0.15) is 0 Å². The Labute approximate surface area is 461 Å². The van der Waals surface area contributed by atoms with Gasteiger partial charge in [0.1, 0.15) is 0 Å². The molecule has 392 valence electrons. The minimum atomic E-state index is -0.825. The second-order valence-corrected chi connectivity index (χ2v) is 32.1. The molecule has 0 radical (unpaired) electrons. The number of aliphatic hydroxyl groups excluding tert-OH is 2. The van der Waals surface area contributed by atoms with Crippen LogP contribution in [0.25, 0.3) is 0 Å². The maximum Gasteiger partial charge on any atom is 0.0431 e. The van der Waals surface area contributed by atoms with E-state index < -0.39 is 31.7 Å². The van der Waals surface area contributed by atoms with Gasteiger partial charge in [0.25, 0.3) is 0 Å². The molecule has 1 fully saturated rings. The Morgan fingerprint density at radius 2 is 0.697 bits per heavy atom. The summed E-state index contributed by atoms with van der Waals surface area (Å²) in [5, 5.41) is 33.2. The zero-order valence-electron chi connectivity index (χ0n) is 45.3. The summed E-state index contributed by atoms with van der Waals surface area (Å²) in [5.41, 5.74) is 1.43. The first-order valence-electron chi connectivity index (χ1n) is 28.0. The molecule has 76 heavy (non-hydrogen) atoms. The molecule has 2 nitrogen and oxygen atoms in total. The van der Waals surface area contributed by atoms with Gasteiger partial charge in [0.2, 0.25) is 0 Å². The van der Waals surface area contributed by atoms with Crippen LogP contribution in [0.2, 0.25) is 0 Å². The molecule has 6 heteroatoms. The molecule has 9 rings (SSSR count). The van der Waals surface area contributed by atoms with E-state index in [1.807, 2.05) is 0 Å². The first-order chi connectivity index (χ1) is 37.2. The molecule has 0 aromatic heterocycles.